The number of imidazole rings is 2. The molecule has 3 N–H and O–H groups in total. The van der Waals surface area contributed by atoms with Crippen LogP contribution in [0.5, 0.6) is 5.75 Å². The van der Waals surface area contributed by atoms with E-state index in [0.29, 0.717) is 31.9 Å². The maximum absolute atomic E-state index is 13.6. The molecule has 0 radical (unpaired) electrons. The Hall–Kier alpha value is -5.74. The summed E-state index contributed by atoms with van der Waals surface area (Å²) in [6.45, 7) is 7.35. The Balaban J connectivity index is 1.09. The van der Waals surface area contributed by atoms with Gasteiger partial charge in [-0.1, -0.05) is 74.5 Å². The number of carbonyl (C=O) groups excluding carboxylic acids is 2. The maximum Gasteiger partial charge on any atom is 0.250 e. The molecule has 0 aliphatic carbocycles. The number of hydrogen-bond acceptors (Lipinski definition) is 6. The summed E-state index contributed by atoms with van der Waals surface area (Å²) in [6, 6.07) is 25.7. The lowest BCUT2D eigenvalue weighted by Crippen LogP contribution is -2.40. The number of fused-ring (bicyclic) bond motifs is 5. The first-order valence-corrected chi connectivity index (χ1v) is 17.6. The van der Waals surface area contributed by atoms with Crippen LogP contribution >= 0.6 is 0 Å². The van der Waals surface area contributed by atoms with Crippen LogP contribution in [0.2, 0.25) is 0 Å². The minimum Gasteiger partial charge on any atom is -0.488 e. The van der Waals surface area contributed by atoms with E-state index in [2.05, 4.69) is 92.7 Å². The number of aromatic amines is 2. The second kappa shape index (κ2) is 15.0. The molecule has 260 valence electrons. The maximum atomic E-state index is 13.6. The van der Waals surface area contributed by atoms with E-state index in [1.807, 2.05) is 43.5 Å². The Morgan fingerprint density at radius 2 is 1.55 bits per heavy atom. The number of hydrogen-bond donors (Lipinski definition) is 3. The van der Waals surface area contributed by atoms with Crippen molar-refractivity contribution in [1.29, 1.82) is 0 Å². The standard InChI is InChI=1S/C41H43N7O3/c1-4-17-47(3)23-37-42-21-36(45-37)30-12-14-32-31(20-30)25-51-40-33-15-13-29(19-28(33)11-16-34(32)40)35-22-43-38(46-35)24-48(18-5-2)41(50)39(44-26-49)27-9-7-6-8-10-27/h6-16,19-22,26,39H,4-5,17-18,23-25H2,1-3H3,(H,42,45)(H,43,46)(H,44,49). The first-order chi connectivity index (χ1) is 24.9. The minimum atomic E-state index is -0.764. The second-order valence-electron chi connectivity index (χ2n) is 13.2. The third-order valence-corrected chi connectivity index (χ3v) is 9.40. The van der Waals surface area contributed by atoms with Crippen molar-refractivity contribution in [2.75, 3.05) is 20.1 Å². The van der Waals surface area contributed by atoms with Crippen LogP contribution in [0.15, 0.2) is 91.3 Å². The second-order valence-corrected chi connectivity index (χ2v) is 13.2. The quantitative estimate of drug-likeness (QED) is 0.104. The number of carbonyl (C=O) groups is 2. The average Bonchev–Trinajstić information content (AvgIpc) is 3.83. The highest BCUT2D eigenvalue weighted by Gasteiger charge is 2.26. The molecular formula is C41H43N7O3. The van der Waals surface area contributed by atoms with Crippen molar-refractivity contribution in [1.82, 2.24) is 35.1 Å². The van der Waals surface area contributed by atoms with Crippen molar-refractivity contribution in [2.24, 2.45) is 0 Å². The van der Waals surface area contributed by atoms with Crippen LogP contribution < -0.4 is 10.1 Å². The third kappa shape index (κ3) is 7.13. The summed E-state index contributed by atoms with van der Waals surface area (Å²) in [5.74, 6) is 2.34. The summed E-state index contributed by atoms with van der Waals surface area (Å²) in [4.78, 5) is 45.2. The van der Waals surface area contributed by atoms with E-state index in [0.717, 1.165) is 87.5 Å². The summed E-state index contributed by atoms with van der Waals surface area (Å²) < 4.78 is 6.43. The van der Waals surface area contributed by atoms with Crippen molar-refractivity contribution < 1.29 is 14.3 Å². The van der Waals surface area contributed by atoms with Crippen molar-refractivity contribution in [3.63, 3.8) is 0 Å². The molecule has 1 aliphatic rings. The zero-order chi connectivity index (χ0) is 35.3. The monoisotopic (exact) mass is 681 g/mol. The van der Waals surface area contributed by atoms with Gasteiger partial charge in [0.25, 0.3) is 0 Å². The minimum absolute atomic E-state index is 0.178. The summed E-state index contributed by atoms with van der Waals surface area (Å²) in [5, 5.41) is 4.81. The fourth-order valence-electron chi connectivity index (χ4n) is 6.95. The molecule has 2 amide bonds. The van der Waals surface area contributed by atoms with Gasteiger partial charge in [-0.15, -0.1) is 0 Å². The Labute approximate surface area is 297 Å². The summed E-state index contributed by atoms with van der Waals surface area (Å²) in [6.07, 6.45) is 6.18. The molecule has 0 fully saturated rings. The van der Waals surface area contributed by atoms with Crippen molar-refractivity contribution >= 4 is 23.1 Å². The first-order valence-electron chi connectivity index (χ1n) is 17.6. The molecule has 1 atom stereocenters. The number of aromatic nitrogens is 4. The predicted octanol–water partition coefficient (Wildman–Crippen LogP) is 7.25. The third-order valence-electron chi connectivity index (χ3n) is 9.40. The molecule has 1 unspecified atom stereocenters. The Bertz CT molecular complexity index is 2160. The summed E-state index contributed by atoms with van der Waals surface area (Å²) >= 11 is 0. The molecule has 3 heterocycles. The van der Waals surface area contributed by atoms with Crippen molar-refractivity contribution in [2.45, 2.75) is 52.4 Å². The van der Waals surface area contributed by atoms with Gasteiger partial charge in [0.2, 0.25) is 12.3 Å². The summed E-state index contributed by atoms with van der Waals surface area (Å²) in [5.41, 5.74) is 8.09. The number of nitrogens with one attached hydrogen (secondary N) is 3. The van der Waals surface area contributed by atoms with Crippen LogP contribution in [-0.4, -0.2) is 62.2 Å². The van der Waals surface area contributed by atoms with Gasteiger partial charge in [0.15, 0.2) is 0 Å². The molecular weight excluding hydrogens is 638 g/mol. The lowest BCUT2D eigenvalue weighted by molar-refractivity contribution is -0.135. The van der Waals surface area contributed by atoms with Gasteiger partial charge in [0, 0.05) is 23.1 Å². The van der Waals surface area contributed by atoms with Gasteiger partial charge in [0.1, 0.15) is 30.0 Å². The fraction of sp³-hybridized carbons (Fsp3) is 0.268. The number of benzene rings is 4. The highest BCUT2D eigenvalue weighted by atomic mass is 16.5. The van der Waals surface area contributed by atoms with Gasteiger partial charge in [-0.25, -0.2) is 9.97 Å². The number of H-pyrrole nitrogens is 2. The molecule has 10 heteroatoms. The largest absolute Gasteiger partial charge is 0.488 e. The van der Waals surface area contributed by atoms with Gasteiger partial charge in [0.05, 0.1) is 36.9 Å². The normalized spacial score (nSPS) is 12.6. The molecule has 51 heavy (non-hydrogen) atoms. The van der Waals surface area contributed by atoms with Gasteiger partial charge in [-0.05, 0) is 72.3 Å². The molecule has 0 bridgehead atoms. The van der Waals surface area contributed by atoms with Gasteiger partial charge < -0.3 is 24.9 Å². The van der Waals surface area contributed by atoms with E-state index in [1.54, 1.807) is 11.1 Å². The van der Waals surface area contributed by atoms with Gasteiger partial charge >= 0.3 is 0 Å². The highest BCUT2D eigenvalue weighted by Crippen LogP contribution is 2.44. The van der Waals surface area contributed by atoms with Crippen LogP contribution in [0.1, 0.15) is 55.5 Å². The van der Waals surface area contributed by atoms with Crippen LogP contribution in [0.4, 0.5) is 0 Å². The number of nitrogens with zero attached hydrogens (tertiary/aromatic N) is 4. The first kappa shape index (κ1) is 33.7. The van der Waals surface area contributed by atoms with E-state index in [4.69, 9.17) is 4.74 Å². The Morgan fingerprint density at radius 1 is 0.863 bits per heavy atom. The molecule has 6 aromatic rings. The number of rotatable bonds is 14. The molecule has 0 saturated heterocycles. The van der Waals surface area contributed by atoms with Gasteiger partial charge in [-0.2, -0.15) is 0 Å². The van der Waals surface area contributed by atoms with E-state index in [1.165, 1.54) is 5.56 Å². The van der Waals surface area contributed by atoms with Crippen LogP contribution in [-0.2, 0) is 29.3 Å². The smallest absolute Gasteiger partial charge is 0.250 e. The Morgan fingerprint density at radius 3 is 2.27 bits per heavy atom. The predicted molar refractivity (Wildman–Crippen MR) is 200 cm³/mol. The topological polar surface area (TPSA) is 119 Å². The zero-order valence-corrected chi connectivity index (χ0v) is 29.3. The zero-order valence-electron chi connectivity index (χ0n) is 29.3. The average molecular weight is 682 g/mol. The molecule has 4 aromatic carbocycles. The molecule has 1 aliphatic heterocycles. The number of amides is 2. The lowest BCUT2D eigenvalue weighted by Gasteiger charge is -2.26. The van der Waals surface area contributed by atoms with E-state index in [-0.39, 0.29) is 5.91 Å². The molecule has 2 aromatic heterocycles. The van der Waals surface area contributed by atoms with E-state index in [9.17, 15) is 9.59 Å². The highest BCUT2D eigenvalue weighted by molar-refractivity contribution is 5.98. The van der Waals surface area contributed by atoms with Gasteiger partial charge in [-0.3, -0.25) is 14.5 Å². The molecule has 0 saturated carbocycles. The summed E-state index contributed by atoms with van der Waals surface area (Å²) in [7, 11) is 2.12. The van der Waals surface area contributed by atoms with Crippen LogP contribution in [0.25, 0.3) is 44.4 Å². The van der Waals surface area contributed by atoms with Crippen LogP contribution in [0.3, 0.4) is 0 Å². The molecule has 10 nitrogen and oxygen atoms in total. The van der Waals surface area contributed by atoms with E-state index >= 15 is 0 Å². The van der Waals surface area contributed by atoms with E-state index < -0.39 is 6.04 Å². The Kier molecular flexibility index (Phi) is 9.94. The van der Waals surface area contributed by atoms with Crippen molar-refractivity contribution in [3.05, 3.63) is 114 Å². The van der Waals surface area contributed by atoms with Crippen LogP contribution in [0, 0.1) is 0 Å². The molecule has 0 spiro atoms. The fourth-order valence-corrected chi connectivity index (χ4v) is 6.95. The molecule has 7 rings (SSSR count). The SMILES string of the molecule is CCCN(C)Cc1ncc(-c2ccc3c(c2)COc2c-3ccc3cc(-c4cnc(CN(CCC)C(=O)C(NC=O)c5ccccc5)[nH]4)ccc23)[nH]1. The van der Waals surface area contributed by atoms with Crippen molar-refractivity contribution in [3.8, 4) is 39.4 Å². The number of ether oxygens (including phenoxy) is 1. The lowest BCUT2D eigenvalue weighted by atomic mass is 9.92.